The quantitative estimate of drug-likeness (QED) is 0.208. The molecule has 0 spiro atoms. The number of amides is 3. The van der Waals surface area contributed by atoms with Crippen LogP contribution in [0.25, 0.3) is 10.8 Å². The average molecular weight is 615 g/mol. The lowest BCUT2D eigenvalue weighted by Gasteiger charge is -2.35. The van der Waals surface area contributed by atoms with Gasteiger partial charge in [0.05, 0.1) is 0 Å². The summed E-state index contributed by atoms with van der Waals surface area (Å²) in [6.45, 7) is 4.16. The number of aliphatic hydroxyl groups excluding tert-OH is 1. The second-order valence-corrected chi connectivity index (χ2v) is 13.0. The van der Waals surface area contributed by atoms with Gasteiger partial charge in [0.2, 0.25) is 11.8 Å². The van der Waals surface area contributed by atoms with Gasteiger partial charge in [0, 0.05) is 62.5 Å². The summed E-state index contributed by atoms with van der Waals surface area (Å²) >= 11 is 1.52. The van der Waals surface area contributed by atoms with Crippen LogP contribution < -0.4 is 11.1 Å². The predicted molar refractivity (Wildman–Crippen MR) is 176 cm³/mol. The minimum atomic E-state index is -0.886. The van der Waals surface area contributed by atoms with Crippen molar-refractivity contribution in [1.29, 1.82) is 0 Å². The summed E-state index contributed by atoms with van der Waals surface area (Å²) in [4.78, 5) is 45.8. The van der Waals surface area contributed by atoms with Crippen molar-refractivity contribution in [3.8, 4) is 0 Å². The topological polar surface area (TPSA) is 116 Å². The van der Waals surface area contributed by atoms with Gasteiger partial charge in [-0.1, -0.05) is 74.5 Å². The molecule has 0 unspecified atom stereocenters. The molecule has 4 rings (SSSR count). The first-order valence-electron chi connectivity index (χ1n) is 14.7. The van der Waals surface area contributed by atoms with Gasteiger partial charge in [-0.25, -0.2) is 0 Å². The molecule has 0 aliphatic carbocycles. The van der Waals surface area contributed by atoms with Gasteiger partial charge in [0.25, 0.3) is 5.91 Å². The van der Waals surface area contributed by atoms with Gasteiger partial charge in [-0.2, -0.15) is 0 Å². The fraction of sp³-hybridized carbons (Fsp3) is 0.343. The number of likely N-dealkylation sites (N-methyl/N-ethyl adjacent to an activating group) is 2. The molecule has 0 fully saturated rings. The molecule has 1 aromatic heterocycles. The second kappa shape index (κ2) is 14.6. The first-order chi connectivity index (χ1) is 21.0. The highest BCUT2D eigenvalue weighted by Crippen LogP contribution is 2.22. The van der Waals surface area contributed by atoms with Gasteiger partial charge in [0.1, 0.15) is 12.1 Å². The number of hydrogen-bond acceptors (Lipinski definition) is 6. The molecule has 8 nitrogen and oxygen atoms in total. The van der Waals surface area contributed by atoms with Gasteiger partial charge in [-0.05, 0) is 45.5 Å². The smallest absolute Gasteiger partial charge is 0.254 e. The van der Waals surface area contributed by atoms with Crippen molar-refractivity contribution >= 4 is 39.8 Å². The molecule has 3 aromatic carbocycles. The maximum atomic E-state index is 14.4. The number of carbonyl (C=O) groups is 3. The Bertz CT molecular complexity index is 1590. The number of nitrogens with one attached hydrogen (secondary N) is 1. The third kappa shape index (κ3) is 8.11. The van der Waals surface area contributed by atoms with E-state index in [1.807, 2.05) is 79.9 Å². The molecule has 0 aliphatic heterocycles. The number of nitrogens with two attached hydrogens (primary N) is 1. The minimum Gasteiger partial charge on any atom is -0.396 e. The van der Waals surface area contributed by atoms with E-state index in [1.165, 1.54) is 21.1 Å². The van der Waals surface area contributed by atoms with Crippen molar-refractivity contribution in [2.75, 3.05) is 27.2 Å². The molecule has 0 aliphatic rings. The van der Waals surface area contributed by atoms with Gasteiger partial charge in [-0.3, -0.25) is 14.4 Å². The Morgan fingerprint density at radius 2 is 1.61 bits per heavy atom. The molecule has 1 heterocycles. The highest BCUT2D eigenvalue weighted by molar-refractivity contribution is 7.09. The molecular formula is C35H42N4O4S. The maximum absolute atomic E-state index is 14.4. The third-order valence-electron chi connectivity index (χ3n) is 7.99. The van der Waals surface area contributed by atoms with E-state index in [0.29, 0.717) is 18.5 Å². The molecule has 4 N–H and O–H groups in total. The van der Waals surface area contributed by atoms with Crippen LogP contribution in [0.2, 0.25) is 0 Å². The van der Waals surface area contributed by atoms with Crippen molar-refractivity contribution in [3.63, 3.8) is 0 Å². The van der Waals surface area contributed by atoms with E-state index >= 15 is 0 Å². The summed E-state index contributed by atoms with van der Waals surface area (Å²) in [5.74, 6) is -0.969. The molecule has 0 radical (unpaired) electrons. The standard InChI is InChI=1S/C35H42N4O4S/c1-35(2,23-40)22-37-32(41)30(20-29-13-8-16-44-29)38(3)34(43)31(19-24-14-15-26-10-5-6-11-27(26)17-24)39(4)33(42)28-12-7-9-25(18-28)21-36/h5-18,30-31,40H,19-23,36H2,1-4H3,(H,37,41)/t30-,31-/m1/s1. The summed E-state index contributed by atoms with van der Waals surface area (Å²) < 4.78 is 0. The Morgan fingerprint density at radius 3 is 2.30 bits per heavy atom. The Morgan fingerprint density at radius 1 is 0.864 bits per heavy atom. The van der Waals surface area contributed by atoms with E-state index in [4.69, 9.17) is 5.73 Å². The van der Waals surface area contributed by atoms with Crippen molar-refractivity contribution in [3.05, 3.63) is 106 Å². The van der Waals surface area contributed by atoms with Gasteiger partial charge in [0.15, 0.2) is 0 Å². The maximum Gasteiger partial charge on any atom is 0.254 e. The normalized spacial score (nSPS) is 12.9. The number of thiophene rings is 1. The number of benzene rings is 3. The molecule has 3 amide bonds. The van der Waals surface area contributed by atoms with Crippen molar-refractivity contribution in [2.45, 2.75) is 45.3 Å². The van der Waals surface area contributed by atoms with Crippen LogP contribution in [0, 0.1) is 5.41 Å². The minimum absolute atomic E-state index is 0.0935. The molecule has 0 saturated heterocycles. The van der Waals surface area contributed by atoms with Crippen LogP contribution in [0.1, 0.15) is 40.2 Å². The zero-order chi connectivity index (χ0) is 31.9. The third-order valence-corrected chi connectivity index (χ3v) is 8.89. The van der Waals surface area contributed by atoms with Gasteiger partial charge in [-0.15, -0.1) is 11.3 Å². The van der Waals surface area contributed by atoms with Gasteiger partial charge < -0.3 is 26.0 Å². The number of nitrogens with zero attached hydrogens (tertiary/aromatic N) is 2. The molecule has 4 aromatic rings. The molecule has 2 atom stereocenters. The number of carbonyl (C=O) groups excluding carboxylic acids is 3. The van der Waals surface area contributed by atoms with Crippen molar-refractivity contribution in [2.24, 2.45) is 11.1 Å². The number of fused-ring (bicyclic) bond motifs is 1. The van der Waals surface area contributed by atoms with E-state index in [0.717, 1.165) is 26.8 Å². The summed E-state index contributed by atoms with van der Waals surface area (Å²) in [5.41, 5.74) is 7.47. The zero-order valence-corrected chi connectivity index (χ0v) is 26.6. The number of rotatable bonds is 13. The molecule has 44 heavy (non-hydrogen) atoms. The molecule has 9 heteroatoms. The lowest BCUT2D eigenvalue weighted by Crippen LogP contribution is -2.56. The van der Waals surface area contributed by atoms with Crippen LogP contribution in [0.5, 0.6) is 0 Å². The Balaban J connectivity index is 1.68. The highest BCUT2D eigenvalue weighted by atomic mass is 32.1. The monoisotopic (exact) mass is 614 g/mol. The summed E-state index contributed by atoms with van der Waals surface area (Å²) in [6, 6.07) is 23.3. The first kappa shape index (κ1) is 32.9. The van der Waals surface area contributed by atoms with Crippen LogP contribution in [-0.4, -0.2) is 72.0 Å². The van der Waals surface area contributed by atoms with E-state index in [2.05, 4.69) is 5.32 Å². The molecule has 232 valence electrons. The summed E-state index contributed by atoms with van der Waals surface area (Å²) in [5, 5.41) is 16.7. The predicted octanol–water partition coefficient (Wildman–Crippen LogP) is 4.25. The lowest BCUT2D eigenvalue weighted by atomic mass is 9.94. The first-order valence-corrected chi connectivity index (χ1v) is 15.6. The Labute approximate surface area is 263 Å². The Kier molecular flexibility index (Phi) is 10.9. The van der Waals surface area contributed by atoms with Gasteiger partial charge >= 0.3 is 0 Å². The van der Waals surface area contributed by atoms with E-state index in [-0.39, 0.29) is 37.3 Å². The SMILES string of the molecule is CN(C(=O)c1cccc(CN)c1)[C@H](Cc1ccc2ccccc2c1)C(=O)N(C)[C@H](Cc1cccs1)C(=O)NCC(C)(C)CO. The lowest BCUT2D eigenvalue weighted by molar-refractivity contribution is -0.142. The highest BCUT2D eigenvalue weighted by Gasteiger charge is 2.36. The van der Waals surface area contributed by atoms with Crippen LogP contribution in [0.4, 0.5) is 0 Å². The fourth-order valence-electron chi connectivity index (χ4n) is 5.07. The number of hydrogen-bond donors (Lipinski definition) is 3. The average Bonchev–Trinajstić information content (AvgIpc) is 3.57. The van der Waals surface area contributed by atoms with Crippen LogP contribution in [0.15, 0.2) is 84.2 Å². The van der Waals surface area contributed by atoms with Crippen LogP contribution in [0.3, 0.4) is 0 Å². The van der Waals surface area contributed by atoms with Crippen LogP contribution in [-0.2, 0) is 29.0 Å². The van der Waals surface area contributed by atoms with Crippen molar-refractivity contribution < 1.29 is 19.5 Å². The van der Waals surface area contributed by atoms with E-state index in [1.54, 1.807) is 32.3 Å². The zero-order valence-electron chi connectivity index (χ0n) is 25.8. The van der Waals surface area contributed by atoms with E-state index < -0.39 is 17.5 Å². The summed E-state index contributed by atoms with van der Waals surface area (Å²) in [6.07, 6.45) is 0.585. The van der Waals surface area contributed by atoms with Crippen LogP contribution >= 0.6 is 11.3 Å². The molecular weight excluding hydrogens is 572 g/mol. The largest absolute Gasteiger partial charge is 0.396 e. The molecule has 0 saturated carbocycles. The van der Waals surface area contributed by atoms with E-state index in [9.17, 15) is 19.5 Å². The molecule has 0 bridgehead atoms. The Hall–Kier alpha value is -4.05. The fourth-order valence-corrected chi connectivity index (χ4v) is 5.81. The number of aliphatic hydroxyl groups is 1. The van der Waals surface area contributed by atoms with Crippen molar-refractivity contribution in [1.82, 2.24) is 15.1 Å². The summed E-state index contributed by atoms with van der Waals surface area (Å²) in [7, 11) is 3.26. The second-order valence-electron chi connectivity index (χ2n) is 12.0.